The van der Waals surface area contributed by atoms with E-state index in [1.54, 1.807) is 37.5 Å². The summed E-state index contributed by atoms with van der Waals surface area (Å²) in [4.78, 5) is 12.0. The lowest BCUT2D eigenvalue weighted by Gasteiger charge is -2.03. The Kier molecular flexibility index (Phi) is 4.58. The number of methoxy groups -OCH3 is 1. The minimum Gasteiger partial charge on any atom is -0.507 e. The first-order chi connectivity index (χ1) is 9.60. The van der Waals surface area contributed by atoms with Gasteiger partial charge in [-0.05, 0) is 54.6 Å². The van der Waals surface area contributed by atoms with Crippen LogP contribution in [-0.4, -0.2) is 18.0 Å². The van der Waals surface area contributed by atoms with Gasteiger partial charge in [0.2, 0.25) is 0 Å². The summed E-state index contributed by atoms with van der Waals surface area (Å²) in [7, 11) is 1.55. The van der Waals surface area contributed by atoms with E-state index < -0.39 is 0 Å². The first-order valence-electron chi connectivity index (χ1n) is 5.95. The Morgan fingerprint density at radius 1 is 1.20 bits per heavy atom. The molecule has 0 radical (unpaired) electrons. The molecule has 3 nitrogen and oxygen atoms in total. The van der Waals surface area contributed by atoms with E-state index >= 15 is 0 Å². The average molecular weight is 333 g/mol. The molecule has 102 valence electrons. The van der Waals surface area contributed by atoms with E-state index in [-0.39, 0.29) is 11.5 Å². The third-order valence-electron chi connectivity index (χ3n) is 2.78. The number of aromatic hydroxyl groups is 1. The summed E-state index contributed by atoms with van der Waals surface area (Å²) < 4.78 is 6.00. The van der Waals surface area contributed by atoms with Crippen LogP contribution in [0.25, 0.3) is 6.08 Å². The van der Waals surface area contributed by atoms with Crippen molar-refractivity contribution in [2.45, 2.75) is 0 Å². The number of carbonyl (C=O) groups is 1. The molecule has 2 aromatic rings. The van der Waals surface area contributed by atoms with Crippen LogP contribution in [0.3, 0.4) is 0 Å². The summed E-state index contributed by atoms with van der Waals surface area (Å²) in [6.07, 6.45) is 3.00. The van der Waals surface area contributed by atoms with Gasteiger partial charge in [-0.2, -0.15) is 0 Å². The van der Waals surface area contributed by atoms with Crippen molar-refractivity contribution < 1.29 is 14.6 Å². The van der Waals surface area contributed by atoms with E-state index in [0.29, 0.717) is 16.9 Å². The molecule has 2 aromatic carbocycles. The lowest BCUT2D eigenvalue weighted by molar-refractivity contribution is 0.104. The molecule has 0 fully saturated rings. The van der Waals surface area contributed by atoms with Crippen molar-refractivity contribution in [1.29, 1.82) is 0 Å². The second kappa shape index (κ2) is 6.39. The molecule has 1 N–H and O–H groups in total. The fourth-order valence-corrected chi connectivity index (χ4v) is 1.93. The molecule has 0 spiro atoms. The molecule has 4 heteroatoms. The molecule has 20 heavy (non-hydrogen) atoms. The predicted octanol–water partition coefficient (Wildman–Crippen LogP) is 4.06. The Labute approximate surface area is 125 Å². The van der Waals surface area contributed by atoms with Crippen LogP contribution in [0.15, 0.2) is 53.0 Å². The van der Waals surface area contributed by atoms with Crippen molar-refractivity contribution >= 4 is 27.8 Å². The van der Waals surface area contributed by atoms with Crippen molar-refractivity contribution in [1.82, 2.24) is 0 Å². The highest BCUT2D eigenvalue weighted by Gasteiger charge is 2.03. The Bertz CT molecular complexity index is 645. The smallest absolute Gasteiger partial charge is 0.185 e. The van der Waals surface area contributed by atoms with Gasteiger partial charge in [0.25, 0.3) is 0 Å². The van der Waals surface area contributed by atoms with Gasteiger partial charge in [-0.25, -0.2) is 0 Å². The van der Waals surface area contributed by atoms with Gasteiger partial charge in [0, 0.05) is 15.6 Å². The van der Waals surface area contributed by atoms with Crippen molar-refractivity contribution in [3.05, 3.63) is 64.1 Å². The Morgan fingerprint density at radius 3 is 2.55 bits per heavy atom. The average Bonchev–Trinajstić information content (AvgIpc) is 2.47. The zero-order valence-electron chi connectivity index (χ0n) is 10.8. The maximum Gasteiger partial charge on any atom is 0.185 e. The highest BCUT2D eigenvalue weighted by Crippen LogP contribution is 2.24. The number of ketones is 1. The summed E-state index contributed by atoms with van der Waals surface area (Å²) in [5, 5.41) is 9.73. The maximum absolute atomic E-state index is 12.0. The second-order valence-corrected chi connectivity index (χ2v) is 5.04. The molecule has 0 aliphatic heterocycles. The molecule has 0 saturated heterocycles. The normalized spacial score (nSPS) is 10.7. The van der Waals surface area contributed by atoms with Gasteiger partial charge in [0.1, 0.15) is 11.5 Å². The van der Waals surface area contributed by atoms with Crippen molar-refractivity contribution in [3.8, 4) is 11.5 Å². The van der Waals surface area contributed by atoms with Crippen molar-refractivity contribution in [2.75, 3.05) is 7.11 Å². The van der Waals surface area contributed by atoms with Gasteiger partial charge in [0.15, 0.2) is 5.78 Å². The van der Waals surface area contributed by atoms with E-state index in [9.17, 15) is 9.90 Å². The van der Waals surface area contributed by atoms with Gasteiger partial charge in [-0.15, -0.1) is 0 Å². The number of rotatable bonds is 4. The van der Waals surface area contributed by atoms with Crippen LogP contribution < -0.4 is 4.74 Å². The van der Waals surface area contributed by atoms with Crippen molar-refractivity contribution in [2.24, 2.45) is 0 Å². The summed E-state index contributed by atoms with van der Waals surface area (Å²) in [5.74, 6) is 0.601. The molecule has 0 atom stereocenters. The van der Waals surface area contributed by atoms with Gasteiger partial charge in [-0.3, -0.25) is 4.79 Å². The van der Waals surface area contributed by atoms with Crippen LogP contribution in [0.5, 0.6) is 11.5 Å². The number of carbonyl (C=O) groups excluding carboxylic acids is 1. The van der Waals surface area contributed by atoms with E-state index in [2.05, 4.69) is 15.9 Å². The van der Waals surface area contributed by atoms with E-state index in [4.69, 9.17) is 4.74 Å². The standard InChI is InChI=1S/C16H13BrO3/c1-20-14-7-9-16(19)12(10-14)4-8-15(18)11-2-5-13(17)6-3-11/h2-10,19H,1H3/b8-4+. The fraction of sp³-hybridized carbons (Fsp3) is 0.0625. The minimum absolute atomic E-state index is 0.102. The monoisotopic (exact) mass is 332 g/mol. The molecule has 0 bridgehead atoms. The summed E-state index contributed by atoms with van der Waals surface area (Å²) in [6.45, 7) is 0. The highest BCUT2D eigenvalue weighted by atomic mass is 79.9. The Hall–Kier alpha value is -2.07. The van der Waals surface area contributed by atoms with Gasteiger partial charge in [0.05, 0.1) is 7.11 Å². The second-order valence-electron chi connectivity index (χ2n) is 4.13. The third-order valence-corrected chi connectivity index (χ3v) is 3.31. The third kappa shape index (κ3) is 3.48. The summed E-state index contributed by atoms with van der Waals surface area (Å²) in [5.41, 5.74) is 1.13. The van der Waals surface area contributed by atoms with Gasteiger partial charge in [-0.1, -0.05) is 15.9 Å². The molecule has 0 aliphatic carbocycles. The number of halogens is 1. The summed E-state index contributed by atoms with van der Waals surface area (Å²) in [6, 6.07) is 11.9. The van der Waals surface area contributed by atoms with E-state index in [1.807, 2.05) is 12.1 Å². The zero-order valence-corrected chi connectivity index (χ0v) is 12.4. The van der Waals surface area contributed by atoms with E-state index in [0.717, 1.165) is 4.47 Å². The quantitative estimate of drug-likeness (QED) is 0.678. The van der Waals surface area contributed by atoms with Gasteiger partial charge < -0.3 is 9.84 Å². The molecule has 0 unspecified atom stereocenters. The number of allylic oxidation sites excluding steroid dienone is 1. The van der Waals surface area contributed by atoms with Crippen molar-refractivity contribution in [3.63, 3.8) is 0 Å². The largest absolute Gasteiger partial charge is 0.507 e. The van der Waals surface area contributed by atoms with Crippen LogP contribution >= 0.6 is 15.9 Å². The Balaban J connectivity index is 2.20. The maximum atomic E-state index is 12.0. The number of hydrogen-bond donors (Lipinski definition) is 1. The molecule has 0 amide bonds. The highest BCUT2D eigenvalue weighted by molar-refractivity contribution is 9.10. The number of phenols is 1. The topological polar surface area (TPSA) is 46.5 Å². The molecular formula is C16H13BrO3. The van der Waals surface area contributed by atoms with Gasteiger partial charge >= 0.3 is 0 Å². The fourth-order valence-electron chi connectivity index (χ4n) is 1.67. The number of ether oxygens (including phenoxy) is 1. The SMILES string of the molecule is COc1ccc(O)c(/C=C/C(=O)c2ccc(Br)cc2)c1. The molecule has 2 rings (SSSR count). The number of phenolic OH excluding ortho intramolecular Hbond substituents is 1. The minimum atomic E-state index is -0.125. The molecule has 0 heterocycles. The van der Waals surface area contributed by atoms with Crippen LogP contribution in [0, 0.1) is 0 Å². The van der Waals surface area contributed by atoms with Crippen LogP contribution in [-0.2, 0) is 0 Å². The number of hydrogen-bond acceptors (Lipinski definition) is 3. The Morgan fingerprint density at radius 2 is 1.90 bits per heavy atom. The predicted molar refractivity (Wildman–Crippen MR) is 82.2 cm³/mol. The first-order valence-corrected chi connectivity index (χ1v) is 6.74. The van der Waals surface area contributed by atoms with Crippen LogP contribution in [0.4, 0.5) is 0 Å². The molecule has 0 saturated carbocycles. The van der Waals surface area contributed by atoms with E-state index in [1.165, 1.54) is 12.1 Å². The molecule has 0 aromatic heterocycles. The number of benzene rings is 2. The van der Waals surface area contributed by atoms with Crippen LogP contribution in [0.1, 0.15) is 15.9 Å². The lowest BCUT2D eigenvalue weighted by Crippen LogP contribution is -1.93. The summed E-state index contributed by atoms with van der Waals surface area (Å²) >= 11 is 3.32. The van der Waals surface area contributed by atoms with Crippen LogP contribution in [0.2, 0.25) is 0 Å². The lowest BCUT2D eigenvalue weighted by atomic mass is 10.1. The first kappa shape index (κ1) is 14.3. The molecule has 0 aliphatic rings. The molecular weight excluding hydrogens is 320 g/mol. The zero-order chi connectivity index (χ0) is 14.5.